The summed E-state index contributed by atoms with van der Waals surface area (Å²) in [6.45, 7) is 3.22. The third-order valence-corrected chi connectivity index (χ3v) is 5.24. The number of hydrogen-bond acceptors (Lipinski definition) is 4. The van der Waals surface area contributed by atoms with Gasteiger partial charge in [0, 0.05) is 22.1 Å². The molecular formula is C12H16BrNO3S. The number of Topliss-reactive ketones (excluding diaryl/α,β-unsaturated/α-hetero) is 1. The Bertz CT molecular complexity index is 532. The van der Waals surface area contributed by atoms with E-state index >= 15 is 0 Å². The Balaban J connectivity index is 2.78. The van der Waals surface area contributed by atoms with Crippen LogP contribution in [0.1, 0.15) is 30.6 Å². The highest BCUT2D eigenvalue weighted by Gasteiger charge is 2.18. The number of ketones is 1. The Kier molecular flexibility index (Phi) is 4.92. The van der Waals surface area contributed by atoms with Gasteiger partial charge < -0.3 is 5.73 Å². The van der Waals surface area contributed by atoms with Crippen LogP contribution < -0.4 is 5.73 Å². The standard InChI is InChI=1S/C12H16BrNO3S/c1-8(2)18(16,17)4-3-12(15)9-5-10(13)7-11(14)6-9/h5-8H,3-4,14H2,1-2H3. The first kappa shape index (κ1) is 15.2. The summed E-state index contributed by atoms with van der Waals surface area (Å²) in [7, 11) is -3.19. The first-order chi connectivity index (χ1) is 8.22. The maximum absolute atomic E-state index is 11.9. The Morgan fingerprint density at radius 3 is 2.44 bits per heavy atom. The predicted octanol–water partition coefficient (Wildman–Crippen LogP) is 2.43. The van der Waals surface area contributed by atoms with Crippen molar-refractivity contribution >= 4 is 37.2 Å². The average molecular weight is 334 g/mol. The minimum Gasteiger partial charge on any atom is -0.399 e. The third-order valence-electron chi connectivity index (χ3n) is 2.57. The molecule has 18 heavy (non-hydrogen) atoms. The van der Waals surface area contributed by atoms with Crippen LogP contribution in [0.3, 0.4) is 0 Å². The van der Waals surface area contributed by atoms with E-state index in [4.69, 9.17) is 5.73 Å². The Labute approximate surface area is 116 Å². The van der Waals surface area contributed by atoms with E-state index in [0.717, 1.165) is 0 Å². The highest BCUT2D eigenvalue weighted by molar-refractivity contribution is 9.10. The van der Waals surface area contributed by atoms with E-state index in [1.807, 2.05) is 0 Å². The lowest BCUT2D eigenvalue weighted by Crippen LogP contribution is -2.19. The molecule has 1 rings (SSSR count). The molecule has 0 aliphatic heterocycles. The summed E-state index contributed by atoms with van der Waals surface area (Å²) in [6, 6.07) is 4.87. The van der Waals surface area contributed by atoms with Crippen LogP contribution in [0.4, 0.5) is 5.69 Å². The van der Waals surface area contributed by atoms with E-state index < -0.39 is 15.1 Å². The van der Waals surface area contributed by atoms with Gasteiger partial charge in [0.15, 0.2) is 15.6 Å². The number of carbonyl (C=O) groups excluding carboxylic acids is 1. The topological polar surface area (TPSA) is 77.2 Å². The zero-order chi connectivity index (χ0) is 13.9. The summed E-state index contributed by atoms with van der Waals surface area (Å²) >= 11 is 3.24. The highest BCUT2D eigenvalue weighted by Crippen LogP contribution is 2.19. The molecule has 0 aliphatic rings. The largest absolute Gasteiger partial charge is 0.399 e. The smallest absolute Gasteiger partial charge is 0.164 e. The molecule has 0 spiro atoms. The van der Waals surface area contributed by atoms with Gasteiger partial charge in [0.2, 0.25) is 0 Å². The van der Waals surface area contributed by atoms with Crippen LogP contribution in [0.25, 0.3) is 0 Å². The van der Waals surface area contributed by atoms with Gasteiger partial charge in [-0.15, -0.1) is 0 Å². The number of hydrogen-bond donors (Lipinski definition) is 1. The molecule has 0 amide bonds. The number of halogens is 1. The molecule has 0 saturated heterocycles. The van der Waals surface area contributed by atoms with Crippen molar-refractivity contribution in [1.82, 2.24) is 0 Å². The summed E-state index contributed by atoms with van der Waals surface area (Å²) in [6.07, 6.45) is -0.0175. The molecule has 0 bridgehead atoms. The lowest BCUT2D eigenvalue weighted by atomic mass is 10.1. The van der Waals surface area contributed by atoms with Gasteiger partial charge in [-0.25, -0.2) is 8.42 Å². The van der Waals surface area contributed by atoms with E-state index in [-0.39, 0.29) is 18.0 Å². The first-order valence-electron chi connectivity index (χ1n) is 5.53. The van der Waals surface area contributed by atoms with Gasteiger partial charge in [0.25, 0.3) is 0 Å². The van der Waals surface area contributed by atoms with Crippen LogP contribution in [-0.2, 0) is 9.84 Å². The van der Waals surface area contributed by atoms with Crippen LogP contribution in [0.15, 0.2) is 22.7 Å². The number of sulfone groups is 1. The zero-order valence-electron chi connectivity index (χ0n) is 10.3. The Morgan fingerprint density at radius 2 is 1.94 bits per heavy atom. The fourth-order valence-electron chi connectivity index (χ4n) is 1.39. The normalized spacial score (nSPS) is 11.8. The molecule has 1 aromatic rings. The van der Waals surface area contributed by atoms with E-state index in [0.29, 0.717) is 15.7 Å². The minimum atomic E-state index is -3.19. The molecule has 100 valence electrons. The van der Waals surface area contributed by atoms with Crippen molar-refractivity contribution in [2.45, 2.75) is 25.5 Å². The Morgan fingerprint density at radius 1 is 1.33 bits per heavy atom. The van der Waals surface area contributed by atoms with Gasteiger partial charge >= 0.3 is 0 Å². The van der Waals surface area contributed by atoms with Crippen molar-refractivity contribution in [2.75, 3.05) is 11.5 Å². The summed E-state index contributed by atoms with van der Waals surface area (Å²) in [5.41, 5.74) is 6.53. The monoisotopic (exact) mass is 333 g/mol. The first-order valence-corrected chi connectivity index (χ1v) is 8.04. The average Bonchev–Trinajstić information content (AvgIpc) is 2.24. The van der Waals surface area contributed by atoms with Gasteiger partial charge in [-0.05, 0) is 32.0 Å². The van der Waals surface area contributed by atoms with Gasteiger partial charge in [-0.3, -0.25) is 4.79 Å². The van der Waals surface area contributed by atoms with Gasteiger partial charge in [-0.1, -0.05) is 15.9 Å². The van der Waals surface area contributed by atoms with Crippen molar-refractivity contribution in [3.05, 3.63) is 28.2 Å². The van der Waals surface area contributed by atoms with Crippen molar-refractivity contribution in [3.63, 3.8) is 0 Å². The predicted molar refractivity (Wildman–Crippen MR) is 76.4 cm³/mol. The number of benzene rings is 1. The molecule has 0 heterocycles. The molecule has 0 fully saturated rings. The maximum atomic E-state index is 11.9. The highest BCUT2D eigenvalue weighted by atomic mass is 79.9. The molecule has 0 unspecified atom stereocenters. The van der Waals surface area contributed by atoms with E-state index in [1.54, 1.807) is 32.0 Å². The number of nitrogen functional groups attached to an aromatic ring is 1. The number of anilines is 1. The molecule has 0 aliphatic carbocycles. The number of carbonyl (C=O) groups is 1. The van der Waals surface area contributed by atoms with E-state index in [9.17, 15) is 13.2 Å². The van der Waals surface area contributed by atoms with Crippen LogP contribution >= 0.6 is 15.9 Å². The van der Waals surface area contributed by atoms with Crippen LogP contribution in [0, 0.1) is 0 Å². The molecule has 6 heteroatoms. The van der Waals surface area contributed by atoms with Crippen molar-refractivity contribution in [1.29, 1.82) is 0 Å². The summed E-state index contributed by atoms with van der Waals surface area (Å²) in [5.74, 6) is -0.345. The lowest BCUT2D eigenvalue weighted by molar-refractivity contribution is 0.0988. The summed E-state index contributed by atoms with van der Waals surface area (Å²) in [5, 5.41) is -0.460. The summed E-state index contributed by atoms with van der Waals surface area (Å²) in [4.78, 5) is 11.9. The van der Waals surface area contributed by atoms with Crippen molar-refractivity contribution in [2.24, 2.45) is 0 Å². The number of nitrogens with two attached hydrogens (primary N) is 1. The molecule has 0 saturated carbocycles. The Hall–Kier alpha value is -0.880. The van der Waals surface area contributed by atoms with Gasteiger partial charge in [0.1, 0.15) is 0 Å². The molecule has 4 nitrogen and oxygen atoms in total. The summed E-state index contributed by atoms with van der Waals surface area (Å²) < 4.78 is 23.9. The van der Waals surface area contributed by atoms with Gasteiger partial charge in [-0.2, -0.15) is 0 Å². The molecule has 2 N–H and O–H groups in total. The molecule has 1 aromatic carbocycles. The molecule has 0 atom stereocenters. The van der Waals surface area contributed by atoms with Gasteiger partial charge in [0.05, 0.1) is 11.0 Å². The second kappa shape index (κ2) is 5.84. The van der Waals surface area contributed by atoms with E-state index in [1.165, 1.54) is 0 Å². The lowest BCUT2D eigenvalue weighted by Gasteiger charge is -2.07. The second-order valence-corrected chi connectivity index (χ2v) is 7.95. The molecule has 0 aromatic heterocycles. The van der Waals surface area contributed by atoms with Crippen LogP contribution in [-0.4, -0.2) is 25.2 Å². The fourth-order valence-corrected chi connectivity index (χ4v) is 2.84. The minimum absolute atomic E-state index is 0.0175. The van der Waals surface area contributed by atoms with Crippen molar-refractivity contribution in [3.8, 4) is 0 Å². The van der Waals surface area contributed by atoms with Crippen LogP contribution in [0.5, 0.6) is 0 Å². The maximum Gasteiger partial charge on any atom is 0.164 e. The quantitative estimate of drug-likeness (QED) is 0.663. The number of rotatable bonds is 5. The van der Waals surface area contributed by atoms with Crippen LogP contribution in [0.2, 0.25) is 0 Å². The zero-order valence-corrected chi connectivity index (χ0v) is 12.7. The van der Waals surface area contributed by atoms with Crippen molar-refractivity contribution < 1.29 is 13.2 Å². The molecule has 0 radical (unpaired) electrons. The SMILES string of the molecule is CC(C)S(=O)(=O)CCC(=O)c1cc(N)cc(Br)c1. The second-order valence-electron chi connectivity index (χ2n) is 4.36. The van der Waals surface area contributed by atoms with E-state index in [2.05, 4.69) is 15.9 Å². The third kappa shape index (κ3) is 4.10. The molecular weight excluding hydrogens is 318 g/mol. The fraction of sp³-hybridized carbons (Fsp3) is 0.417.